The van der Waals surface area contributed by atoms with Gasteiger partial charge in [0.25, 0.3) is 0 Å². The zero-order chi connectivity index (χ0) is 14.1. The molecule has 0 atom stereocenters. The minimum atomic E-state index is -0.487. The maximum Gasteiger partial charge on any atom is 0.226 e. The number of aromatic nitrogens is 5. The SMILES string of the molecule is Cc1nnc(-c2nc(N3CCNCC3)ncc2F)n1C. The van der Waals surface area contributed by atoms with Crippen molar-refractivity contribution in [1.29, 1.82) is 0 Å². The van der Waals surface area contributed by atoms with Crippen molar-refractivity contribution in [2.45, 2.75) is 6.92 Å². The van der Waals surface area contributed by atoms with Gasteiger partial charge in [-0.2, -0.15) is 0 Å². The molecule has 2 aromatic rings. The topological polar surface area (TPSA) is 71.8 Å². The van der Waals surface area contributed by atoms with Crippen molar-refractivity contribution < 1.29 is 4.39 Å². The molecule has 106 valence electrons. The van der Waals surface area contributed by atoms with Crippen molar-refractivity contribution in [2.75, 3.05) is 31.1 Å². The Kier molecular flexibility index (Phi) is 3.31. The number of piperazine rings is 1. The molecule has 1 N–H and O–H groups in total. The summed E-state index contributed by atoms with van der Waals surface area (Å²) in [5.41, 5.74) is 0.191. The molecule has 0 aromatic carbocycles. The highest BCUT2D eigenvalue weighted by Gasteiger charge is 2.19. The molecule has 0 aliphatic carbocycles. The lowest BCUT2D eigenvalue weighted by Gasteiger charge is -2.27. The predicted octanol–water partition coefficient (Wildman–Crippen LogP) is 0.129. The average molecular weight is 277 g/mol. The predicted molar refractivity (Wildman–Crippen MR) is 71.8 cm³/mol. The van der Waals surface area contributed by atoms with Crippen molar-refractivity contribution in [2.24, 2.45) is 7.05 Å². The molecule has 20 heavy (non-hydrogen) atoms. The summed E-state index contributed by atoms with van der Waals surface area (Å²) in [5, 5.41) is 11.2. The molecule has 1 aliphatic heterocycles. The normalized spacial score (nSPS) is 15.7. The first-order chi connectivity index (χ1) is 9.66. The zero-order valence-electron chi connectivity index (χ0n) is 11.5. The first kappa shape index (κ1) is 12.9. The van der Waals surface area contributed by atoms with E-state index in [1.807, 2.05) is 11.8 Å². The molecule has 0 radical (unpaired) electrons. The molecule has 8 heteroatoms. The van der Waals surface area contributed by atoms with Crippen molar-refractivity contribution >= 4 is 5.95 Å². The second-order valence-electron chi connectivity index (χ2n) is 4.73. The number of anilines is 1. The molecule has 0 bridgehead atoms. The summed E-state index contributed by atoms with van der Waals surface area (Å²) < 4.78 is 15.7. The highest BCUT2D eigenvalue weighted by molar-refractivity contribution is 5.52. The van der Waals surface area contributed by atoms with E-state index < -0.39 is 5.82 Å². The van der Waals surface area contributed by atoms with Crippen LogP contribution < -0.4 is 10.2 Å². The highest BCUT2D eigenvalue weighted by Crippen LogP contribution is 2.20. The van der Waals surface area contributed by atoms with E-state index in [0.29, 0.717) is 17.6 Å². The molecule has 0 amide bonds. The molecule has 1 saturated heterocycles. The highest BCUT2D eigenvalue weighted by atomic mass is 19.1. The molecular formula is C12H16FN7. The molecule has 0 saturated carbocycles. The van der Waals surface area contributed by atoms with E-state index in [4.69, 9.17) is 0 Å². The van der Waals surface area contributed by atoms with Crippen LogP contribution in [0.3, 0.4) is 0 Å². The van der Waals surface area contributed by atoms with Gasteiger partial charge in [-0.15, -0.1) is 10.2 Å². The molecule has 7 nitrogen and oxygen atoms in total. The Bertz CT molecular complexity index is 618. The number of nitrogens with zero attached hydrogens (tertiary/aromatic N) is 6. The Labute approximate surface area is 115 Å². The van der Waals surface area contributed by atoms with E-state index in [1.165, 1.54) is 6.20 Å². The van der Waals surface area contributed by atoms with E-state index in [1.54, 1.807) is 11.6 Å². The fourth-order valence-corrected chi connectivity index (χ4v) is 2.15. The van der Waals surface area contributed by atoms with Gasteiger partial charge in [0.2, 0.25) is 5.95 Å². The second kappa shape index (κ2) is 5.12. The Balaban J connectivity index is 2.00. The Hall–Kier alpha value is -2.09. The van der Waals surface area contributed by atoms with Gasteiger partial charge >= 0.3 is 0 Å². The molecular weight excluding hydrogens is 261 g/mol. The lowest BCUT2D eigenvalue weighted by atomic mass is 10.3. The number of rotatable bonds is 2. The second-order valence-corrected chi connectivity index (χ2v) is 4.73. The van der Waals surface area contributed by atoms with Gasteiger partial charge in [-0.25, -0.2) is 14.4 Å². The van der Waals surface area contributed by atoms with Gasteiger partial charge in [0.05, 0.1) is 6.20 Å². The van der Waals surface area contributed by atoms with Crippen LogP contribution in [0.25, 0.3) is 11.5 Å². The fourth-order valence-electron chi connectivity index (χ4n) is 2.15. The molecule has 0 unspecified atom stereocenters. The van der Waals surface area contributed by atoms with E-state index in [0.717, 1.165) is 26.2 Å². The van der Waals surface area contributed by atoms with Crippen LogP contribution in [0, 0.1) is 12.7 Å². The molecule has 3 rings (SSSR count). The number of hydrogen-bond donors (Lipinski definition) is 1. The largest absolute Gasteiger partial charge is 0.338 e. The van der Waals surface area contributed by atoms with E-state index in [2.05, 4.69) is 25.5 Å². The van der Waals surface area contributed by atoms with Crippen molar-refractivity contribution in [3.8, 4) is 11.5 Å². The van der Waals surface area contributed by atoms with Crippen molar-refractivity contribution in [3.63, 3.8) is 0 Å². The van der Waals surface area contributed by atoms with Crippen molar-refractivity contribution in [1.82, 2.24) is 30.0 Å². The molecule has 1 aliphatic rings. The minimum absolute atomic E-state index is 0.191. The Morgan fingerprint density at radius 3 is 2.65 bits per heavy atom. The Morgan fingerprint density at radius 1 is 1.25 bits per heavy atom. The van der Waals surface area contributed by atoms with E-state index >= 15 is 0 Å². The third-order valence-electron chi connectivity index (χ3n) is 3.44. The van der Waals surface area contributed by atoms with Gasteiger partial charge in [-0.05, 0) is 6.92 Å². The van der Waals surface area contributed by atoms with Gasteiger partial charge in [0.1, 0.15) is 11.5 Å². The van der Waals surface area contributed by atoms with Gasteiger partial charge in [-0.1, -0.05) is 0 Å². The maximum atomic E-state index is 14.0. The van der Waals surface area contributed by atoms with Crippen LogP contribution in [0.5, 0.6) is 0 Å². The average Bonchev–Trinajstić information content (AvgIpc) is 2.81. The summed E-state index contributed by atoms with van der Waals surface area (Å²) >= 11 is 0. The molecule has 1 fully saturated rings. The van der Waals surface area contributed by atoms with Crippen LogP contribution in [-0.2, 0) is 7.05 Å². The lowest BCUT2D eigenvalue weighted by molar-refractivity contribution is 0.573. The van der Waals surface area contributed by atoms with Gasteiger partial charge in [0.15, 0.2) is 11.6 Å². The summed E-state index contributed by atoms with van der Waals surface area (Å²) in [6.45, 7) is 5.18. The monoisotopic (exact) mass is 277 g/mol. The third-order valence-corrected chi connectivity index (χ3v) is 3.44. The van der Waals surface area contributed by atoms with Crippen LogP contribution in [0.1, 0.15) is 5.82 Å². The number of halogens is 1. The first-order valence-corrected chi connectivity index (χ1v) is 6.51. The third kappa shape index (κ3) is 2.22. The van der Waals surface area contributed by atoms with E-state index in [-0.39, 0.29) is 5.69 Å². The Morgan fingerprint density at radius 2 is 2.00 bits per heavy atom. The smallest absolute Gasteiger partial charge is 0.226 e. The van der Waals surface area contributed by atoms with Crippen molar-refractivity contribution in [3.05, 3.63) is 17.8 Å². The standard InChI is InChI=1S/C12H16FN7/c1-8-17-18-11(19(8)2)10-9(13)7-15-12(16-10)20-5-3-14-4-6-20/h7,14H,3-6H2,1-2H3. The minimum Gasteiger partial charge on any atom is -0.338 e. The first-order valence-electron chi connectivity index (χ1n) is 6.51. The lowest BCUT2D eigenvalue weighted by Crippen LogP contribution is -2.44. The summed E-state index contributed by atoms with van der Waals surface area (Å²) in [6.07, 6.45) is 1.20. The van der Waals surface area contributed by atoms with E-state index in [9.17, 15) is 4.39 Å². The van der Waals surface area contributed by atoms with Crippen LogP contribution in [0.15, 0.2) is 6.20 Å². The fraction of sp³-hybridized carbons (Fsp3) is 0.500. The molecule has 2 aromatic heterocycles. The summed E-state index contributed by atoms with van der Waals surface area (Å²) in [4.78, 5) is 10.4. The van der Waals surface area contributed by atoms with Crippen LogP contribution in [0.4, 0.5) is 10.3 Å². The van der Waals surface area contributed by atoms with Gasteiger partial charge in [0, 0.05) is 33.2 Å². The molecule has 0 spiro atoms. The van der Waals surface area contributed by atoms with Gasteiger partial charge < -0.3 is 14.8 Å². The van der Waals surface area contributed by atoms with Crippen LogP contribution in [-0.4, -0.2) is 50.9 Å². The number of nitrogens with one attached hydrogen (secondary N) is 1. The van der Waals surface area contributed by atoms with Crippen LogP contribution >= 0.6 is 0 Å². The maximum absolute atomic E-state index is 14.0. The summed E-state index contributed by atoms with van der Waals surface area (Å²) in [7, 11) is 1.79. The summed E-state index contributed by atoms with van der Waals surface area (Å²) in [6, 6.07) is 0. The zero-order valence-corrected chi connectivity index (χ0v) is 11.5. The van der Waals surface area contributed by atoms with Crippen LogP contribution in [0.2, 0.25) is 0 Å². The quantitative estimate of drug-likeness (QED) is 0.841. The molecule has 3 heterocycles. The summed E-state index contributed by atoms with van der Waals surface area (Å²) in [5.74, 6) is 1.17. The number of aryl methyl sites for hydroxylation is 1. The van der Waals surface area contributed by atoms with Gasteiger partial charge in [-0.3, -0.25) is 0 Å². The number of hydrogen-bond acceptors (Lipinski definition) is 6.